The van der Waals surface area contributed by atoms with Crippen LogP contribution in [-0.2, 0) is 9.09 Å². The summed E-state index contributed by atoms with van der Waals surface area (Å²) in [7, 11) is 1.03. The molecule has 0 radical (unpaired) electrons. The van der Waals surface area contributed by atoms with Crippen LogP contribution in [0.25, 0.3) is 0 Å². The van der Waals surface area contributed by atoms with Gasteiger partial charge in [0, 0.05) is 31.9 Å². The molecule has 120 valence electrons. The van der Waals surface area contributed by atoms with Crippen molar-refractivity contribution in [3.63, 3.8) is 0 Å². The van der Waals surface area contributed by atoms with E-state index in [-0.39, 0.29) is 5.66 Å². The predicted octanol–water partition coefficient (Wildman–Crippen LogP) is 2.29. The van der Waals surface area contributed by atoms with Crippen molar-refractivity contribution in [3.8, 4) is 0 Å². The summed E-state index contributed by atoms with van der Waals surface area (Å²) >= 11 is 0. The Balaban J connectivity index is 2.23. The molecule has 0 saturated carbocycles. The highest BCUT2D eigenvalue weighted by Gasteiger charge is 2.28. The molecule has 20 heavy (non-hydrogen) atoms. The van der Waals surface area contributed by atoms with E-state index in [0.717, 1.165) is 32.5 Å². The molecule has 1 aliphatic rings. The minimum Gasteiger partial charge on any atom is -0.321 e. The van der Waals surface area contributed by atoms with Crippen LogP contribution in [-0.4, -0.2) is 56.9 Å². The molecule has 2 unspecified atom stereocenters. The second-order valence-corrected chi connectivity index (χ2v) is 8.61. The van der Waals surface area contributed by atoms with E-state index < -0.39 is 7.52 Å². The quantitative estimate of drug-likeness (QED) is 0.506. The fourth-order valence-corrected chi connectivity index (χ4v) is 4.51. The smallest absolute Gasteiger partial charge is 0.272 e. The first-order valence-corrected chi connectivity index (χ1v) is 9.53. The van der Waals surface area contributed by atoms with Gasteiger partial charge in [-0.05, 0) is 39.4 Å². The first kappa shape index (κ1) is 18.1. The van der Waals surface area contributed by atoms with Crippen molar-refractivity contribution in [2.75, 3.05) is 40.3 Å². The van der Waals surface area contributed by atoms with Crippen molar-refractivity contribution in [1.82, 2.24) is 15.3 Å². The molecule has 5 nitrogen and oxygen atoms in total. The van der Waals surface area contributed by atoms with E-state index in [4.69, 9.17) is 4.52 Å². The van der Waals surface area contributed by atoms with E-state index in [1.807, 2.05) is 6.92 Å². The second kappa shape index (κ2) is 9.16. The summed E-state index contributed by atoms with van der Waals surface area (Å²) in [6.07, 6.45) is 4.36. The first-order valence-electron chi connectivity index (χ1n) is 7.84. The van der Waals surface area contributed by atoms with Crippen LogP contribution in [0.15, 0.2) is 0 Å². The molecule has 1 saturated heterocycles. The van der Waals surface area contributed by atoms with Crippen LogP contribution in [0.5, 0.6) is 0 Å². The Bertz CT molecular complexity index is 307. The van der Waals surface area contributed by atoms with Gasteiger partial charge in [0.25, 0.3) is 7.52 Å². The van der Waals surface area contributed by atoms with Gasteiger partial charge in [-0.25, -0.2) is 5.09 Å². The Morgan fingerprint density at radius 2 is 2.00 bits per heavy atom. The number of likely N-dealkylation sites (tertiary alicyclic amines) is 1. The predicted molar refractivity (Wildman–Crippen MR) is 85.5 cm³/mol. The Morgan fingerprint density at radius 3 is 2.55 bits per heavy atom. The van der Waals surface area contributed by atoms with Gasteiger partial charge in [-0.1, -0.05) is 20.3 Å². The minimum atomic E-state index is -2.69. The van der Waals surface area contributed by atoms with Crippen molar-refractivity contribution in [2.24, 2.45) is 0 Å². The second-order valence-electron chi connectivity index (χ2n) is 5.86. The number of rotatable bonds is 9. The number of piperidine rings is 1. The van der Waals surface area contributed by atoms with E-state index in [1.54, 1.807) is 7.11 Å². The fraction of sp³-hybridized carbons (Fsp3) is 1.00. The standard InChI is InChI=1S/C14H32N3O2P/c1-5-6-13(2)20(18,19-4)16-10-9-15-14-7-11-17(3)12-8-14/h13-15H,5-12H2,1-4H3,(H,16,18). The van der Waals surface area contributed by atoms with Crippen LogP contribution >= 0.6 is 7.52 Å². The lowest BCUT2D eigenvalue weighted by Crippen LogP contribution is -2.42. The van der Waals surface area contributed by atoms with Crippen molar-refractivity contribution < 1.29 is 9.09 Å². The zero-order valence-corrected chi connectivity index (χ0v) is 14.4. The molecular weight excluding hydrogens is 273 g/mol. The lowest BCUT2D eigenvalue weighted by molar-refractivity contribution is 0.235. The zero-order valence-electron chi connectivity index (χ0n) is 13.5. The maximum atomic E-state index is 12.6. The highest BCUT2D eigenvalue weighted by molar-refractivity contribution is 7.57. The summed E-state index contributed by atoms with van der Waals surface area (Å²) in [6, 6.07) is 0.600. The fourth-order valence-electron chi connectivity index (χ4n) is 2.69. The highest BCUT2D eigenvalue weighted by Crippen LogP contribution is 2.48. The number of hydrogen-bond donors (Lipinski definition) is 2. The summed E-state index contributed by atoms with van der Waals surface area (Å²) in [5.74, 6) is 0. The van der Waals surface area contributed by atoms with Gasteiger partial charge < -0.3 is 14.7 Å². The molecule has 0 amide bonds. The molecule has 2 N–H and O–H groups in total. The van der Waals surface area contributed by atoms with Crippen molar-refractivity contribution in [1.29, 1.82) is 0 Å². The molecule has 0 spiro atoms. The van der Waals surface area contributed by atoms with Gasteiger partial charge in [0.15, 0.2) is 0 Å². The third-order valence-electron chi connectivity index (χ3n) is 4.17. The summed E-state index contributed by atoms with van der Waals surface area (Å²) < 4.78 is 17.9. The van der Waals surface area contributed by atoms with Crippen molar-refractivity contribution in [2.45, 2.75) is 51.2 Å². The van der Waals surface area contributed by atoms with Gasteiger partial charge in [0.2, 0.25) is 0 Å². The van der Waals surface area contributed by atoms with Gasteiger partial charge in [-0.2, -0.15) is 0 Å². The van der Waals surface area contributed by atoms with Gasteiger partial charge in [0.05, 0.1) is 0 Å². The molecule has 1 heterocycles. The molecule has 0 aromatic rings. The number of nitrogens with one attached hydrogen (secondary N) is 2. The molecule has 1 rings (SSSR count). The third kappa shape index (κ3) is 5.82. The van der Waals surface area contributed by atoms with Gasteiger partial charge in [0.1, 0.15) is 0 Å². The van der Waals surface area contributed by atoms with Crippen LogP contribution in [0, 0.1) is 0 Å². The minimum absolute atomic E-state index is 0.0841. The van der Waals surface area contributed by atoms with Crippen LogP contribution in [0.2, 0.25) is 0 Å². The maximum Gasteiger partial charge on any atom is 0.272 e. The highest BCUT2D eigenvalue weighted by atomic mass is 31.2. The average molecular weight is 305 g/mol. The van der Waals surface area contributed by atoms with Gasteiger partial charge in [-0.3, -0.25) is 4.57 Å². The van der Waals surface area contributed by atoms with E-state index in [1.165, 1.54) is 12.8 Å². The largest absolute Gasteiger partial charge is 0.321 e. The SMILES string of the molecule is CCCC(C)P(=O)(NCCNC1CCN(C)CC1)OC. The Hall–Kier alpha value is 0.0700. The molecule has 0 aliphatic carbocycles. The average Bonchev–Trinajstić information content (AvgIpc) is 2.45. The van der Waals surface area contributed by atoms with E-state index in [9.17, 15) is 4.57 Å². The summed E-state index contributed by atoms with van der Waals surface area (Å²) in [6.45, 7) is 7.99. The molecule has 1 fully saturated rings. The molecule has 0 aromatic heterocycles. The van der Waals surface area contributed by atoms with Crippen LogP contribution < -0.4 is 10.4 Å². The van der Waals surface area contributed by atoms with Gasteiger partial charge in [-0.15, -0.1) is 0 Å². The van der Waals surface area contributed by atoms with Crippen LogP contribution in [0.1, 0.15) is 39.5 Å². The molecule has 2 atom stereocenters. The van der Waals surface area contributed by atoms with Crippen molar-refractivity contribution >= 4 is 7.52 Å². The topological polar surface area (TPSA) is 53.6 Å². The molecule has 1 aliphatic heterocycles. The Labute approximate surface area is 124 Å². The monoisotopic (exact) mass is 305 g/mol. The maximum absolute atomic E-state index is 12.6. The first-order chi connectivity index (χ1) is 9.51. The molecule has 0 aromatic carbocycles. The van der Waals surface area contributed by atoms with E-state index in [0.29, 0.717) is 12.6 Å². The molecular formula is C14H32N3O2P. The van der Waals surface area contributed by atoms with Crippen LogP contribution in [0.3, 0.4) is 0 Å². The summed E-state index contributed by atoms with van der Waals surface area (Å²) in [5.41, 5.74) is 0.0841. The summed E-state index contributed by atoms with van der Waals surface area (Å²) in [5, 5.41) is 6.68. The van der Waals surface area contributed by atoms with Crippen LogP contribution in [0.4, 0.5) is 0 Å². The number of nitrogens with zero attached hydrogens (tertiary/aromatic N) is 1. The lowest BCUT2D eigenvalue weighted by atomic mass is 10.1. The normalized spacial score (nSPS) is 22.6. The zero-order chi connectivity index (χ0) is 15.0. The van der Waals surface area contributed by atoms with E-state index >= 15 is 0 Å². The lowest BCUT2D eigenvalue weighted by Gasteiger charge is -2.30. The number of hydrogen-bond acceptors (Lipinski definition) is 4. The summed E-state index contributed by atoms with van der Waals surface area (Å²) in [4.78, 5) is 2.36. The molecule has 6 heteroatoms. The molecule has 0 bridgehead atoms. The Kier molecular flexibility index (Phi) is 8.30. The van der Waals surface area contributed by atoms with Crippen molar-refractivity contribution in [3.05, 3.63) is 0 Å². The van der Waals surface area contributed by atoms with Gasteiger partial charge >= 0.3 is 0 Å². The van der Waals surface area contributed by atoms with E-state index in [2.05, 4.69) is 29.3 Å². The Morgan fingerprint density at radius 1 is 1.35 bits per heavy atom. The third-order valence-corrected chi connectivity index (χ3v) is 6.79.